The first-order valence-electron chi connectivity index (χ1n) is 9.45. The topological polar surface area (TPSA) is 77.2 Å². The van der Waals surface area contributed by atoms with E-state index in [1.807, 2.05) is 60.7 Å². The third-order valence-corrected chi connectivity index (χ3v) is 4.37. The van der Waals surface area contributed by atoms with Gasteiger partial charge in [-0.15, -0.1) is 0 Å². The molecule has 0 aliphatic carbocycles. The number of hydrogen-bond donors (Lipinski definition) is 1. The zero-order valence-corrected chi connectivity index (χ0v) is 15.9. The number of carbonyl (C=O) groups is 2. The third-order valence-electron chi connectivity index (χ3n) is 4.37. The molecule has 1 aliphatic heterocycles. The van der Waals surface area contributed by atoms with Crippen LogP contribution in [-0.2, 0) is 36.8 Å². The van der Waals surface area contributed by atoms with Gasteiger partial charge < -0.3 is 19.5 Å². The molecule has 0 radical (unpaired) electrons. The quantitative estimate of drug-likeness (QED) is 0.503. The smallest absolute Gasteiger partial charge is 0.338 e. The van der Waals surface area contributed by atoms with E-state index in [0.717, 1.165) is 11.1 Å². The van der Waals surface area contributed by atoms with Crippen molar-refractivity contribution in [2.24, 2.45) is 0 Å². The summed E-state index contributed by atoms with van der Waals surface area (Å²) in [5, 5.41) is 2.94. The molecule has 1 fully saturated rings. The summed E-state index contributed by atoms with van der Waals surface area (Å²) >= 11 is 0. The summed E-state index contributed by atoms with van der Waals surface area (Å²) in [7, 11) is 0. The number of epoxide rings is 1. The van der Waals surface area contributed by atoms with Gasteiger partial charge in [-0.3, -0.25) is 4.79 Å². The van der Waals surface area contributed by atoms with E-state index in [0.29, 0.717) is 19.6 Å². The molecule has 1 heterocycles. The molecule has 0 unspecified atom stereocenters. The van der Waals surface area contributed by atoms with Crippen molar-refractivity contribution >= 4 is 11.9 Å². The fourth-order valence-electron chi connectivity index (χ4n) is 2.94. The van der Waals surface area contributed by atoms with Gasteiger partial charge in [-0.2, -0.15) is 0 Å². The van der Waals surface area contributed by atoms with Crippen molar-refractivity contribution in [1.29, 1.82) is 0 Å². The Labute approximate surface area is 164 Å². The average molecular weight is 383 g/mol. The number of ether oxygens (including phenoxy) is 3. The van der Waals surface area contributed by atoms with E-state index < -0.39 is 18.2 Å². The van der Waals surface area contributed by atoms with E-state index in [-0.39, 0.29) is 18.6 Å². The zero-order valence-electron chi connectivity index (χ0n) is 15.9. The maximum atomic E-state index is 12.5. The summed E-state index contributed by atoms with van der Waals surface area (Å²) in [5.41, 5.74) is 2.16. The molecule has 0 spiro atoms. The van der Waals surface area contributed by atoms with Crippen LogP contribution in [0.5, 0.6) is 0 Å². The fourth-order valence-corrected chi connectivity index (χ4v) is 2.94. The molecular weight excluding hydrogens is 358 g/mol. The van der Waals surface area contributed by atoms with Gasteiger partial charge in [0.05, 0.1) is 25.9 Å². The molecule has 0 bridgehead atoms. The Morgan fingerprint density at radius 2 is 1.64 bits per heavy atom. The van der Waals surface area contributed by atoms with Crippen molar-refractivity contribution in [3.05, 3.63) is 71.8 Å². The van der Waals surface area contributed by atoms with Gasteiger partial charge in [0.1, 0.15) is 0 Å². The van der Waals surface area contributed by atoms with Crippen LogP contribution in [0.15, 0.2) is 60.7 Å². The Balaban J connectivity index is 1.55. The second-order valence-electron chi connectivity index (χ2n) is 6.63. The van der Waals surface area contributed by atoms with Crippen LogP contribution in [0.2, 0.25) is 0 Å². The summed E-state index contributed by atoms with van der Waals surface area (Å²) in [4.78, 5) is 24.1. The SMILES string of the molecule is CCOC(=O)[C@H]1O[C@@H]1C(=O)N[C@H](COCc1ccccc1)Cc1ccccc1. The average Bonchev–Trinajstić information content (AvgIpc) is 3.51. The minimum Gasteiger partial charge on any atom is -0.464 e. The van der Waals surface area contributed by atoms with Crippen molar-refractivity contribution in [3.8, 4) is 0 Å². The molecule has 148 valence electrons. The van der Waals surface area contributed by atoms with Gasteiger partial charge in [0.2, 0.25) is 0 Å². The minimum absolute atomic E-state index is 0.231. The molecule has 6 nitrogen and oxygen atoms in total. The van der Waals surface area contributed by atoms with Crippen LogP contribution in [0.25, 0.3) is 0 Å². The highest BCUT2D eigenvalue weighted by Gasteiger charge is 2.51. The Hall–Kier alpha value is -2.70. The first-order chi connectivity index (χ1) is 13.7. The lowest BCUT2D eigenvalue weighted by Gasteiger charge is -2.19. The van der Waals surface area contributed by atoms with E-state index in [4.69, 9.17) is 14.2 Å². The van der Waals surface area contributed by atoms with Crippen molar-refractivity contribution in [3.63, 3.8) is 0 Å². The van der Waals surface area contributed by atoms with Gasteiger partial charge in [0.25, 0.3) is 5.91 Å². The number of esters is 1. The number of benzene rings is 2. The Morgan fingerprint density at radius 1 is 1.00 bits per heavy atom. The predicted molar refractivity (Wildman–Crippen MR) is 103 cm³/mol. The molecule has 1 N–H and O–H groups in total. The molecule has 2 aromatic rings. The number of hydrogen-bond acceptors (Lipinski definition) is 5. The molecule has 1 saturated heterocycles. The Bertz CT molecular complexity index is 765. The first-order valence-corrected chi connectivity index (χ1v) is 9.45. The summed E-state index contributed by atoms with van der Waals surface area (Å²) in [6.45, 7) is 2.80. The highest BCUT2D eigenvalue weighted by Crippen LogP contribution is 2.24. The summed E-state index contributed by atoms with van der Waals surface area (Å²) in [5.74, 6) is -0.815. The Morgan fingerprint density at radius 3 is 2.29 bits per heavy atom. The van der Waals surface area contributed by atoms with E-state index >= 15 is 0 Å². The second-order valence-corrected chi connectivity index (χ2v) is 6.63. The molecule has 3 rings (SSSR count). The molecule has 6 heteroatoms. The van der Waals surface area contributed by atoms with Gasteiger partial charge in [-0.1, -0.05) is 60.7 Å². The van der Waals surface area contributed by atoms with Crippen LogP contribution in [0.1, 0.15) is 18.1 Å². The highest BCUT2D eigenvalue weighted by molar-refractivity contribution is 5.92. The van der Waals surface area contributed by atoms with Gasteiger partial charge in [0.15, 0.2) is 12.2 Å². The minimum atomic E-state index is -0.803. The van der Waals surface area contributed by atoms with Crippen LogP contribution in [0.3, 0.4) is 0 Å². The fraction of sp³-hybridized carbons (Fsp3) is 0.364. The van der Waals surface area contributed by atoms with Crippen LogP contribution >= 0.6 is 0 Å². The van der Waals surface area contributed by atoms with Crippen LogP contribution in [0.4, 0.5) is 0 Å². The molecule has 3 atom stereocenters. The lowest BCUT2D eigenvalue weighted by atomic mass is 10.1. The number of rotatable bonds is 10. The molecule has 28 heavy (non-hydrogen) atoms. The first kappa shape index (κ1) is 20.0. The second kappa shape index (κ2) is 10.0. The van der Waals surface area contributed by atoms with E-state index in [1.54, 1.807) is 6.92 Å². The van der Waals surface area contributed by atoms with Gasteiger partial charge >= 0.3 is 5.97 Å². The molecule has 0 saturated carbocycles. The van der Waals surface area contributed by atoms with E-state index in [2.05, 4.69) is 5.32 Å². The molecular formula is C22H25NO5. The normalized spacial score (nSPS) is 18.9. The summed E-state index contributed by atoms with van der Waals surface area (Å²) < 4.78 is 15.9. The van der Waals surface area contributed by atoms with E-state index in [9.17, 15) is 9.59 Å². The molecule has 1 amide bonds. The summed E-state index contributed by atoms with van der Waals surface area (Å²) in [6.07, 6.45) is -0.966. The van der Waals surface area contributed by atoms with Gasteiger partial charge in [-0.05, 0) is 24.5 Å². The van der Waals surface area contributed by atoms with Crippen molar-refractivity contribution < 1.29 is 23.8 Å². The maximum absolute atomic E-state index is 12.5. The predicted octanol–water partition coefficient (Wildman–Crippen LogP) is 2.26. The van der Waals surface area contributed by atoms with E-state index in [1.165, 1.54) is 0 Å². The van der Waals surface area contributed by atoms with Gasteiger partial charge in [0, 0.05) is 0 Å². The highest BCUT2D eigenvalue weighted by atomic mass is 16.6. The monoisotopic (exact) mass is 383 g/mol. The van der Waals surface area contributed by atoms with Crippen molar-refractivity contribution in [2.75, 3.05) is 13.2 Å². The lowest BCUT2D eigenvalue weighted by Crippen LogP contribution is -2.42. The van der Waals surface area contributed by atoms with Gasteiger partial charge in [-0.25, -0.2) is 4.79 Å². The zero-order chi connectivity index (χ0) is 19.8. The molecule has 1 aliphatic rings. The van der Waals surface area contributed by atoms with Crippen molar-refractivity contribution in [2.45, 2.75) is 38.2 Å². The number of amides is 1. The number of nitrogens with one attached hydrogen (secondary N) is 1. The largest absolute Gasteiger partial charge is 0.464 e. The number of carbonyl (C=O) groups excluding carboxylic acids is 2. The van der Waals surface area contributed by atoms with Crippen LogP contribution in [0, 0.1) is 0 Å². The maximum Gasteiger partial charge on any atom is 0.338 e. The summed E-state index contributed by atoms with van der Waals surface area (Å²) in [6, 6.07) is 19.5. The van der Waals surface area contributed by atoms with Crippen molar-refractivity contribution in [1.82, 2.24) is 5.32 Å². The third kappa shape index (κ3) is 5.90. The molecule has 0 aromatic heterocycles. The standard InChI is InChI=1S/C22H25NO5/c1-2-27-22(25)20-19(28-20)21(24)23-18(13-16-9-5-3-6-10-16)15-26-14-17-11-7-4-8-12-17/h3-12,18-20H,2,13-15H2,1H3,(H,23,24)/t18-,19-,20-/m0/s1. The lowest BCUT2D eigenvalue weighted by molar-refractivity contribution is -0.144. The van der Waals surface area contributed by atoms with Crippen LogP contribution in [-0.4, -0.2) is 43.3 Å². The van der Waals surface area contributed by atoms with Crippen LogP contribution < -0.4 is 5.32 Å². The Kier molecular flexibility index (Phi) is 7.17. The molecule has 2 aromatic carbocycles.